The van der Waals surface area contributed by atoms with Gasteiger partial charge in [-0.1, -0.05) is 13.8 Å². The lowest BCUT2D eigenvalue weighted by Gasteiger charge is -2.30. The van der Waals surface area contributed by atoms with Crippen molar-refractivity contribution >= 4 is 18.3 Å². The molecule has 0 aromatic heterocycles. The molecule has 4 heteroatoms. The summed E-state index contributed by atoms with van der Waals surface area (Å²) in [7, 11) is 0. The first kappa shape index (κ1) is 14.8. The number of carbonyl (C=O) groups excluding carboxylic acids is 1. The minimum atomic E-state index is 0. The summed E-state index contributed by atoms with van der Waals surface area (Å²) in [6, 6.07) is 0.504. The number of piperidine rings is 1. The van der Waals surface area contributed by atoms with Crippen LogP contribution in [0.5, 0.6) is 0 Å². The number of rotatable bonds is 2. The highest BCUT2D eigenvalue weighted by Gasteiger charge is 2.35. The van der Waals surface area contributed by atoms with E-state index in [9.17, 15) is 4.79 Å². The Morgan fingerprint density at radius 1 is 1.47 bits per heavy atom. The van der Waals surface area contributed by atoms with E-state index in [0.29, 0.717) is 17.9 Å². The van der Waals surface area contributed by atoms with Crippen molar-refractivity contribution in [2.75, 3.05) is 19.6 Å². The second-order valence-electron chi connectivity index (χ2n) is 5.44. The summed E-state index contributed by atoms with van der Waals surface area (Å²) in [6.45, 7) is 7.41. The van der Waals surface area contributed by atoms with Crippen LogP contribution in [0.2, 0.25) is 0 Å². The third-order valence-corrected chi connectivity index (χ3v) is 4.02. The molecule has 3 nitrogen and oxygen atoms in total. The van der Waals surface area contributed by atoms with Gasteiger partial charge in [0.25, 0.3) is 0 Å². The van der Waals surface area contributed by atoms with Gasteiger partial charge >= 0.3 is 0 Å². The minimum Gasteiger partial charge on any atom is -0.339 e. The van der Waals surface area contributed by atoms with Crippen LogP contribution in [0.1, 0.15) is 39.5 Å². The first-order valence-electron chi connectivity index (χ1n) is 6.73. The highest BCUT2D eigenvalue weighted by atomic mass is 35.5. The standard InChI is InChI=1S/C13H24N2O.ClH/c1-3-12-7-10(2)9-15(12)13(16)11-5-4-6-14-8-11;/h10-12,14H,3-9H2,1-2H3;1H. The second kappa shape index (κ2) is 6.60. The average molecular weight is 261 g/mol. The van der Waals surface area contributed by atoms with Gasteiger partial charge in [-0.15, -0.1) is 12.4 Å². The molecule has 2 saturated heterocycles. The lowest BCUT2D eigenvalue weighted by molar-refractivity contribution is -0.137. The highest BCUT2D eigenvalue weighted by Crippen LogP contribution is 2.27. The van der Waals surface area contributed by atoms with Gasteiger partial charge in [-0.05, 0) is 38.1 Å². The molecule has 0 spiro atoms. The molecular formula is C13H25ClN2O. The predicted molar refractivity (Wildman–Crippen MR) is 72.4 cm³/mol. The number of likely N-dealkylation sites (tertiary alicyclic amines) is 1. The van der Waals surface area contributed by atoms with Gasteiger partial charge in [0.15, 0.2) is 0 Å². The molecule has 1 amide bonds. The van der Waals surface area contributed by atoms with Crippen LogP contribution in [0.4, 0.5) is 0 Å². The van der Waals surface area contributed by atoms with Gasteiger partial charge in [-0.3, -0.25) is 4.79 Å². The summed E-state index contributed by atoms with van der Waals surface area (Å²) in [4.78, 5) is 14.6. The van der Waals surface area contributed by atoms with Crippen molar-refractivity contribution in [2.24, 2.45) is 11.8 Å². The first-order valence-corrected chi connectivity index (χ1v) is 6.73. The summed E-state index contributed by atoms with van der Waals surface area (Å²) in [5.74, 6) is 1.34. The normalized spacial score (nSPS) is 33.3. The van der Waals surface area contributed by atoms with E-state index >= 15 is 0 Å². The summed E-state index contributed by atoms with van der Waals surface area (Å²) in [5, 5.41) is 3.34. The van der Waals surface area contributed by atoms with Crippen LogP contribution in [0.3, 0.4) is 0 Å². The lowest BCUT2D eigenvalue weighted by atomic mass is 9.97. The van der Waals surface area contributed by atoms with E-state index in [2.05, 4.69) is 24.1 Å². The number of amides is 1. The molecule has 2 aliphatic rings. The Bertz CT molecular complexity index is 254. The van der Waals surface area contributed by atoms with E-state index in [1.807, 2.05) is 0 Å². The third-order valence-electron chi connectivity index (χ3n) is 4.02. The quantitative estimate of drug-likeness (QED) is 0.824. The molecule has 0 radical (unpaired) electrons. The van der Waals surface area contributed by atoms with Crippen molar-refractivity contribution in [3.63, 3.8) is 0 Å². The molecule has 0 saturated carbocycles. The Morgan fingerprint density at radius 2 is 2.24 bits per heavy atom. The average Bonchev–Trinajstić information content (AvgIpc) is 2.70. The van der Waals surface area contributed by atoms with E-state index in [4.69, 9.17) is 0 Å². The zero-order valence-electron chi connectivity index (χ0n) is 10.9. The van der Waals surface area contributed by atoms with Gasteiger partial charge in [-0.2, -0.15) is 0 Å². The molecule has 0 aromatic carbocycles. The molecule has 3 unspecified atom stereocenters. The van der Waals surface area contributed by atoms with Gasteiger partial charge < -0.3 is 10.2 Å². The SMILES string of the molecule is CCC1CC(C)CN1C(=O)C1CCCNC1.Cl. The van der Waals surface area contributed by atoms with Crippen LogP contribution in [-0.4, -0.2) is 36.5 Å². The Balaban J connectivity index is 0.00000144. The number of carbonyl (C=O) groups is 1. The maximum atomic E-state index is 12.4. The molecule has 2 heterocycles. The predicted octanol–water partition coefficient (Wildman–Crippen LogP) is 2.05. The summed E-state index contributed by atoms with van der Waals surface area (Å²) in [6.07, 6.45) is 4.53. The molecule has 100 valence electrons. The molecular weight excluding hydrogens is 236 g/mol. The zero-order chi connectivity index (χ0) is 11.5. The van der Waals surface area contributed by atoms with Crippen LogP contribution in [-0.2, 0) is 4.79 Å². The summed E-state index contributed by atoms with van der Waals surface area (Å²) < 4.78 is 0. The first-order chi connectivity index (χ1) is 7.72. The van der Waals surface area contributed by atoms with E-state index in [1.54, 1.807) is 0 Å². The Labute approximate surface area is 111 Å². The number of halogens is 1. The Hall–Kier alpha value is -0.280. The van der Waals surface area contributed by atoms with Crippen LogP contribution in [0.25, 0.3) is 0 Å². The largest absolute Gasteiger partial charge is 0.339 e. The van der Waals surface area contributed by atoms with E-state index in [1.165, 1.54) is 6.42 Å². The van der Waals surface area contributed by atoms with Gasteiger partial charge in [0.2, 0.25) is 5.91 Å². The molecule has 3 atom stereocenters. The van der Waals surface area contributed by atoms with Gasteiger partial charge in [-0.25, -0.2) is 0 Å². The van der Waals surface area contributed by atoms with E-state index in [-0.39, 0.29) is 18.3 Å². The van der Waals surface area contributed by atoms with Crippen molar-refractivity contribution in [2.45, 2.75) is 45.6 Å². The maximum Gasteiger partial charge on any atom is 0.227 e. The van der Waals surface area contributed by atoms with Gasteiger partial charge in [0.05, 0.1) is 5.92 Å². The van der Waals surface area contributed by atoms with Crippen LogP contribution < -0.4 is 5.32 Å². The van der Waals surface area contributed by atoms with Crippen LogP contribution in [0.15, 0.2) is 0 Å². The van der Waals surface area contributed by atoms with Crippen molar-refractivity contribution in [3.05, 3.63) is 0 Å². The highest BCUT2D eigenvalue weighted by molar-refractivity contribution is 5.85. The Morgan fingerprint density at radius 3 is 2.82 bits per heavy atom. The van der Waals surface area contributed by atoms with Crippen LogP contribution >= 0.6 is 12.4 Å². The topological polar surface area (TPSA) is 32.3 Å². The summed E-state index contributed by atoms with van der Waals surface area (Å²) in [5.41, 5.74) is 0. The van der Waals surface area contributed by atoms with Crippen molar-refractivity contribution in [1.82, 2.24) is 10.2 Å². The molecule has 2 aliphatic heterocycles. The number of nitrogens with zero attached hydrogens (tertiary/aromatic N) is 1. The lowest BCUT2D eigenvalue weighted by Crippen LogP contribution is -2.44. The number of hydrogen-bond acceptors (Lipinski definition) is 2. The number of nitrogens with one attached hydrogen (secondary N) is 1. The monoisotopic (exact) mass is 260 g/mol. The molecule has 0 bridgehead atoms. The fourth-order valence-corrected chi connectivity index (χ4v) is 3.11. The van der Waals surface area contributed by atoms with Gasteiger partial charge in [0.1, 0.15) is 0 Å². The third kappa shape index (κ3) is 3.35. The zero-order valence-corrected chi connectivity index (χ0v) is 11.8. The van der Waals surface area contributed by atoms with Crippen molar-refractivity contribution < 1.29 is 4.79 Å². The fourth-order valence-electron chi connectivity index (χ4n) is 3.11. The van der Waals surface area contributed by atoms with Gasteiger partial charge in [0, 0.05) is 19.1 Å². The molecule has 0 aliphatic carbocycles. The Kier molecular flexibility index (Phi) is 5.74. The van der Waals surface area contributed by atoms with E-state index in [0.717, 1.165) is 38.9 Å². The second-order valence-corrected chi connectivity index (χ2v) is 5.44. The van der Waals surface area contributed by atoms with Crippen LogP contribution in [0, 0.1) is 11.8 Å². The summed E-state index contributed by atoms with van der Waals surface area (Å²) >= 11 is 0. The molecule has 0 aromatic rings. The molecule has 2 rings (SSSR count). The van der Waals surface area contributed by atoms with Crippen molar-refractivity contribution in [1.29, 1.82) is 0 Å². The molecule has 1 N–H and O–H groups in total. The smallest absolute Gasteiger partial charge is 0.227 e. The molecule has 2 fully saturated rings. The maximum absolute atomic E-state index is 12.4. The number of hydrogen-bond donors (Lipinski definition) is 1. The van der Waals surface area contributed by atoms with Crippen molar-refractivity contribution in [3.8, 4) is 0 Å². The fraction of sp³-hybridized carbons (Fsp3) is 0.923. The van der Waals surface area contributed by atoms with E-state index < -0.39 is 0 Å². The molecule has 17 heavy (non-hydrogen) atoms. The minimum absolute atomic E-state index is 0.